The molecule has 0 aliphatic heterocycles. The Labute approximate surface area is 99.2 Å². The summed E-state index contributed by atoms with van der Waals surface area (Å²) in [6.07, 6.45) is 3.30. The molecule has 2 N–H and O–H groups in total. The zero-order valence-electron chi connectivity index (χ0n) is 10.2. The highest BCUT2D eigenvalue weighted by atomic mass is 16.2. The Morgan fingerprint density at radius 3 is 2.76 bits per heavy atom. The second-order valence-corrected chi connectivity index (χ2v) is 4.47. The van der Waals surface area contributed by atoms with E-state index in [1.54, 1.807) is 4.57 Å². The monoisotopic (exact) mass is 235 g/mol. The number of nitrogens with two attached hydrogens (primary N) is 1. The quantitative estimate of drug-likeness (QED) is 0.792. The average Bonchev–Trinajstić information content (AvgIpc) is 2.68. The summed E-state index contributed by atoms with van der Waals surface area (Å²) >= 11 is 0. The lowest BCUT2D eigenvalue weighted by Gasteiger charge is -2.12. The highest BCUT2D eigenvalue weighted by Gasteiger charge is 2.20. The standard InChI is InChI=1S/C12H17N3O2/c1-8-6-9-10(7-8)15(5-3-4-13)12(17)14(2)11(9)16/h7H,3-6,13H2,1-2H3. The van der Waals surface area contributed by atoms with Crippen LogP contribution in [0.5, 0.6) is 0 Å². The van der Waals surface area contributed by atoms with Gasteiger partial charge in [0.05, 0.1) is 5.69 Å². The van der Waals surface area contributed by atoms with Crippen molar-refractivity contribution in [3.05, 3.63) is 37.7 Å². The van der Waals surface area contributed by atoms with Crippen LogP contribution in [0, 0.1) is 0 Å². The number of hydrogen-bond acceptors (Lipinski definition) is 3. The van der Waals surface area contributed by atoms with Crippen LogP contribution in [0.1, 0.15) is 24.6 Å². The summed E-state index contributed by atoms with van der Waals surface area (Å²) in [6, 6.07) is 0. The molecule has 0 spiro atoms. The minimum Gasteiger partial charge on any atom is -0.330 e. The molecule has 0 saturated carbocycles. The van der Waals surface area contributed by atoms with E-state index in [1.165, 1.54) is 11.6 Å². The molecule has 0 amide bonds. The molecule has 0 atom stereocenters. The normalized spacial score (nSPS) is 13.7. The second-order valence-electron chi connectivity index (χ2n) is 4.47. The lowest BCUT2D eigenvalue weighted by atomic mass is 10.2. The SMILES string of the molecule is CC1=Cc2c(c(=O)n(C)c(=O)n2CCCN)C1. The van der Waals surface area contributed by atoms with Crippen molar-refractivity contribution in [2.24, 2.45) is 12.8 Å². The summed E-state index contributed by atoms with van der Waals surface area (Å²) in [4.78, 5) is 24.0. The second kappa shape index (κ2) is 4.33. The van der Waals surface area contributed by atoms with Crippen molar-refractivity contribution in [1.82, 2.24) is 9.13 Å². The summed E-state index contributed by atoms with van der Waals surface area (Å²) in [7, 11) is 1.53. The van der Waals surface area contributed by atoms with Gasteiger partial charge in [0.2, 0.25) is 0 Å². The first-order valence-corrected chi connectivity index (χ1v) is 5.76. The molecule has 0 aromatic carbocycles. The van der Waals surface area contributed by atoms with Gasteiger partial charge in [-0.05, 0) is 26.0 Å². The van der Waals surface area contributed by atoms with E-state index in [0.717, 1.165) is 23.3 Å². The van der Waals surface area contributed by atoms with Gasteiger partial charge in [-0.15, -0.1) is 0 Å². The first-order chi connectivity index (χ1) is 8.06. The molecule has 1 aromatic rings. The van der Waals surface area contributed by atoms with Crippen LogP contribution in [0.2, 0.25) is 0 Å². The largest absolute Gasteiger partial charge is 0.331 e. The van der Waals surface area contributed by atoms with E-state index >= 15 is 0 Å². The summed E-state index contributed by atoms with van der Waals surface area (Å²) in [6.45, 7) is 3.07. The average molecular weight is 235 g/mol. The van der Waals surface area contributed by atoms with Crippen molar-refractivity contribution in [2.45, 2.75) is 26.3 Å². The molecule has 2 rings (SSSR count). The van der Waals surface area contributed by atoms with Crippen LogP contribution in [0.25, 0.3) is 6.08 Å². The van der Waals surface area contributed by atoms with Gasteiger partial charge in [-0.3, -0.25) is 13.9 Å². The topological polar surface area (TPSA) is 70.0 Å². The molecular formula is C12H17N3O2. The summed E-state index contributed by atoms with van der Waals surface area (Å²) in [5.41, 5.74) is 7.64. The summed E-state index contributed by atoms with van der Waals surface area (Å²) in [5, 5.41) is 0. The third-order valence-corrected chi connectivity index (χ3v) is 3.11. The van der Waals surface area contributed by atoms with Gasteiger partial charge in [-0.1, -0.05) is 5.57 Å². The predicted octanol–water partition coefficient (Wildman–Crippen LogP) is -0.145. The zero-order chi connectivity index (χ0) is 12.6. The smallest absolute Gasteiger partial charge is 0.330 e. The van der Waals surface area contributed by atoms with E-state index in [0.29, 0.717) is 19.5 Å². The Morgan fingerprint density at radius 2 is 2.12 bits per heavy atom. The van der Waals surface area contributed by atoms with Crippen LogP contribution >= 0.6 is 0 Å². The molecule has 0 fully saturated rings. The summed E-state index contributed by atoms with van der Waals surface area (Å²) in [5.74, 6) is 0. The Balaban J connectivity index is 2.66. The van der Waals surface area contributed by atoms with Crippen molar-refractivity contribution < 1.29 is 0 Å². The lowest BCUT2D eigenvalue weighted by molar-refractivity contribution is 0.568. The van der Waals surface area contributed by atoms with E-state index in [2.05, 4.69) is 0 Å². The zero-order valence-corrected chi connectivity index (χ0v) is 10.2. The van der Waals surface area contributed by atoms with Crippen LogP contribution in [-0.4, -0.2) is 15.7 Å². The summed E-state index contributed by atoms with van der Waals surface area (Å²) < 4.78 is 2.84. The van der Waals surface area contributed by atoms with E-state index in [9.17, 15) is 9.59 Å². The van der Waals surface area contributed by atoms with Crippen molar-refractivity contribution >= 4 is 6.08 Å². The highest BCUT2D eigenvalue weighted by Crippen LogP contribution is 2.20. The molecule has 1 aromatic heterocycles. The van der Waals surface area contributed by atoms with Crippen LogP contribution < -0.4 is 17.0 Å². The maximum absolute atomic E-state index is 12.0. The predicted molar refractivity (Wildman–Crippen MR) is 67.0 cm³/mol. The Bertz CT molecular complexity index is 593. The van der Waals surface area contributed by atoms with Gasteiger partial charge in [-0.25, -0.2) is 4.79 Å². The minimum atomic E-state index is -0.256. The Hall–Kier alpha value is -1.62. The molecule has 17 heavy (non-hydrogen) atoms. The van der Waals surface area contributed by atoms with E-state index in [-0.39, 0.29) is 11.2 Å². The molecule has 92 valence electrons. The molecule has 5 heteroatoms. The molecule has 0 bridgehead atoms. The van der Waals surface area contributed by atoms with E-state index < -0.39 is 0 Å². The molecular weight excluding hydrogens is 218 g/mol. The lowest BCUT2D eigenvalue weighted by Crippen LogP contribution is -2.41. The molecule has 1 aliphatic rings. The van der Waals surface area contributed by atoms with Gasteiger partial charge in [0, 0.05) is 25.6 Å². The van der Waals surface area contributed by atoms with Gasteiger partial charge in [0.15, 0.2) is 0 Å². The fourth-order valence-electron chi connectivity index (χ4n) is 2.21. The third-order valence-electron chi connectivity index (χ3n) is 3.11. The number of rotatable bonds is 3. The van der Waals surface area contributed by atoms with E-state index in [4.69, 9.17) is 5.73 Å². The molecule has 0 unspecified atom stereocenters. The molecule has 1 heterocycles. The Morgan fingerprint density at radius 1 is 1.41 bits per heavy atom. The minimum absolute atomic E-state index is 0.179. The van der Waals surface area contributed by atoms with Crippen molar-refractivity contribution in [1.29, 1.82) is 0 Å². The third kappa shape index (κ3) is 1.86. The van der Waals surface area contributed by atoms with Crippen LogP contribution in [-0.2, 0) is 20.0 Å². The Kier molecular flexibility index (Phi) is 3.02. The molecule has 5 nitrogen and oxygen atoms in total. The highest BCUT2D eigenvalue weighted by molar-refractivity contribution is 5.59. The molecule has 1 aliphatic carbocycles. The number of nitrogens with zero attached hydrogens (tertiary/aromatic N) is 2. The number of aromatic nitrogens is 2. The van der Waals surface area contributed by atoms with Gasteiger partial charge >= 0.3 is 5.69 Å². The van der Waals surface area contributed by atoms with Crippen molar-refractivity contribution in [2.75, 3.05) is 6.54 Å². The van der Waals surface area contributed by atoms with Crippen molar-refractivity contribution in [3.63, 3.8) is 0 Å². The number of fused-ring (bicyclic) bond motifs is 1. The maximum atomic E-state index is 12.0. The molecule has 0 radical (unpaired) electrons. The van der Waals surface area contributed by atoms with Gasteiger partial charge in [0.25, 0.3) is 5.56 Å². The van der Waals surface area contributed by atoms with Gasteiger partial charge < -0.3 is 5.73 Å². The maximum Gasteiger partial charge on any atom is 0.331 e. The van der Waals surface area contributed by atoms with E-state index in [1.807, 2.05) is 13.0 Å². The van der Waals surface area contributed by atoms with Crippen LogP contribution in [0.15, 0.2) is 15.2 Å². The fourth-order valence-corrected chi connectivity index (χ4v) is 2.21. The first kappa shape index (κ1) is 11.9. The number of hydrogen-bond donors (Lipinski definition) is 1. The number of allylic oxidation sites excluding steroid dienone is 1. The van der Waals surface area contributed by atoms with Crippen LogP contribution in [0.3, 0.4) is 0 Å². The van der Waals surface area contributed by atoms with Gasteiger partial charge in [0.1, 0.15) is 0 Å². The van der Waals surface area contributed by atoms with Gasteiger partial charge in [-0.2, -0.15) is 0 Å². The molecule has 0 saturated heterocycles. The van der Waals surface area contributed by atoms with Crippen LogP contribution in [0.4, 0.5) is 0 Å². The first-order valence-electron chi connectivity index (χ1n) is 5.76. The van der Waals surface area contributed by atoms with Crippen molar-refractivity contribution in [3.8, 4) is 0 Å². The fraction of sp³-hybridized carbons (Fsp3) is 0.500.